The molecule has 0 spiro atoms. The number of hydrogen-bond donors (Lipinski definition) is 0. The molecule has 0 saturated carbocycles. The zero-order valence-corrected chi connectivity index (χ0v) is 11.7. The molecule has 2 heterocycles. The summed E-state index contributed by atoms with van der Waals surface area (Å²) in [5.41, 5.74) is 0. The van der Waals surface area contributed by atoms with Crippen LogP contribution in [0.3, 0.4) is 0 Å². The van der Waals surface area contributed by atoms with Crippen molar-refractivity contribution in [3.8, 4) is 0 Å². The van der Waals surface area contributed by atoms with E-state index in [1.807, 2.05) is 0 Å². The third-order valence-corrected chi connectivity index (χ3v) is 4.36. The van der Waals surface area contributed by atoms with Crippen molar-refractivity contribution in [2.45, 2.75) is 18.2 Å². The van der Waals surface area contributed by atoms with E-state index in [1.165, 1.54) is 6.42 Å². The third kappa shape index (κ3) is 2.69. The number of rotatable bonds is 1. The minimum Gasteiger partial charge on any atom is -0.340 e. The Labute approximate surface area is 107 Å². The molecule has 1 aromatic heterocycles. The molecule has 2 unspecified atom stereocenters. The predicted molar refractivity (Wildman–Crippen MR) is 68.4 cm³/mol. The average molecular weight is 335 g/mol. The largest absolute Gasteiger partial charge is 0.340 e. The van der Waals surface area contributed by atoms with Gasteiger partial charge in [0, 0.05) is 30.3 Å². The van der Waals surface area contributed by atoms with E-state index >= 15 is 0 Å². The van der Waals surface area contributed by atoms with Crippen LogP contribution in [0.5, 0.6) is 0 Å². The second kappa shape index (κ2) is 4.78. The third-order valence-electron chi connectivity index (χ3n) is 2.76. The maximum atomic E-state index is 4.31. The minimum atomic E-state index is 0.540. The van der Waals surface area contributed by atoms with Crippen molar-refractivity contribution in [2.24, 2.45) is 5.92 Å². The molecule has 2 atom stereocenters. The van der Waals surface area contributed by atoms with Gasteiger partial charge in [0.05, 0.1) is 4.47 Å². The van der Waals surface area contributed by atoms with Crippen molar-refractivity contribution >= 4 is 37.8 Å². The van der Waals surface area contributed by atoms with Crippen molar-refractivity contribution < 1.29 is 0 Å². The number of aromatic nitrogens is 2. The summed E-state index contributed by atoms with van der Waals surface area (Å²) in [4.78, 5) is 11.4. The van der Waals surface area contributed by atoms with E-state index < -0.39 is 0 Å². The van der Waals surface area contributed by atoms with Gasteiger partial charge in [-0.25, -0.2) is 9.97 Å². The molecule has 0 aliphatic carbocycles. The number of halogens is 2. The van der Waals surface area contributed by atoms with Crippen LogP contribution in [-0.2, 0) is 0 Å². The monoisotopic (exact) mass is 333 g/mol. The molecular weight excluding hydrogens is 322 g/mol. The van der Waals surface area contributed by atoms with E-state index in [1.54, 1.807) is 12.4 Å². The van der Waals surface area contributed by atoms with Crippen LogP contribution < -0.4 is 4.90 Å². The molecular formula is C10H13Br2N3. The smallest absolute Gasteiger partial charge is 0.225 e. The summed E-state index contributed by atoms with van der Waals surface area (Å²) in [6.07, 6.45) is 4.78. The van der Waals surface area contributed by atoms with Crippen molar-refractivity contribution in [3.63, 3.8) is 0 Å². The molecule has 0 N–H and O–H groups in total. The van der Waals surface area contributed by atoms with Crippen LogP contribution in [-0.4, -0.2) is 27.9 Å². The molecule has 82 valence electrons. The summed E-state index contributed by atoms with van der Waals surface area (Å²) in [7, 11) is 0. The highest BCUT2D eigenvalue weighted by atomic mass is 79.9. The van der Waals surface area contributed by atoms with Gasteiger partial charge in [-0.2, -0.15) is 0 Å². The standard InChI is InChI=1S/C10H13Br2N3/c1-7-2-3-15(6-9(7)12)10-13-4-8(11)5-14-10/h4-5,7,9H,2-3,6H2,1H3. The molecule has 1 saturated heterocycles. The van der Waals surface area contributed by atoms with Gasteiger partial charge in [0.25, 0.3) is 0 Å². The molecule has 0 bridgehead atoms. The highest BCUT2D eigenvalue weighted by Crippen LogP contribution is 2.25. The van der Waals surface area contributed by atoms with Gasteiger partial charge in [-0.05, 0) is 28.3 Å². The molecule has 1 aliphatic rings. The lowest BCUT2D eigenvalue weighted by Crippen LogP contribution is -2.40. The molecule has 0 aromatic carbocycles. The Balaban J connectivity index is 2.08. The Morgan fingerprint density at radius 3 is 2.67 bits per heavy atom. The van der Waals surface area contributed by atoms with Gasteiger partial charge in [0.15, 0.2) is 0 Å². The van der Waals surface area contributed by atoms with Crippen LogP contribution in [0.1, 0.15) is 13.3 Å². The summed E-state index contributed by atoms with van der Waals surface area (Å²) < 4.78 is 0.923. The van der Waals surface area contributed by atoms with Gasteiger partial charge in [0.2, 0.25) is 5.95 Å². The molecule has 15 heavy (non-hydrogen) atoms. The molecule has 2 rings (SSSR count). The normalized spacial score (nSPS) is 26.7. The summed E-state index contributed by atoms with van der Waals surface area (Å²) in [6, 6.07) is 0. The number of anilines is 1. The van der Waals surface area contributed by atoms with Crippen LogP contribution in [0.2, 0.25) is 0 Å². The lowest BCUT2D eigenvalue weighted by atomic mass is 9.99. The number of hydrogen-bond acceptors (Lipinski definition) is 3. The SMILES string of the molecule is CC1CCN(c2ncc(Br)cn2)CC1Br. The van der Waals surface area contributed by atoms with Crippen LogP contribution >= 0.6 is 31.9 Å². The lowest BCUT2D eigenvalue weighted by molar-refractivity contribution is 0.452. The summed E-state index contributed by atoms with van der Waals surface area (Å²) in [6.45, 7) is 4.31. The Hall–Kier alpha value is -0.160. The van der Waals surface area contributed by atoms with Crippen molar-refractivity contribution in [1.82, 2.24) is 9.97 Å². The lowest BCUT2D eigenvalue weighted by Gasteiger charge is -2.34. The molecule has 5 heteroatoms. The number of piperidine rings is 1. The Morgan fingerprint density at radius 2 is 2.07 bits per heavy atom. The van der Waals surface area contributed by atoms with Crippen molar-refractivity contribution in [3.05, 3.63) is 16.9 Å². The topological polar surface area (TPSA) is 29.0 Å². The first-order valence-electron chi connectivity index (χ1n) is 5.03. The summed E-state index contributed by atoms with van der Waals surface area (Å²) >= 11 is 7.04. The Morgan fingerprint density at radius 1 is 1.40 bits per heavy atom. The van der Waals surface area contributed by atoms with Crippen molar-refractivity contribution in [2.75, 3.05) is 18.0 Å². The van der Waals surface area contributed by atoms with Gasteiger partial charge in [0.1, 0.15) is 0 Å². The first-order chi connectivity index (χ1) is 7.16. The van der Waals surface area contributed by atoms with Gasteiger partial charge in [-0.3, -0.25) is 0 Å². The van der Waals surface area contributed by atoms with E-state index in [4.69, 9.17) is 0 Å². The van der Waals surface area contributed by atoms with Gasteiger partial charge in [-0.1, -0.05) is 22.9 Å². The van der Waals surface area contributed by atoms with Crippen LogP contribution in [0.25, 0.3) is 0 Å². The molecule has 0 amide bonds. The highest BCUT2D eigenvalue weighted by molar-refractivity contribution is 9.10. The zero-order valence-electron chi connectivity index (χ0n) is 8.53. The Kier molecular flexibility index (Phi) is 3.61. The molecule has 1 fully saturated rings. The minimum absolute atomic E-state index is 0.540. The second-order valence-electron chi connectivity index (χ2n) is 3.93. The van der Waals surface area contributed by atoms with Crippen LogP contribution in [0.4, 0.5) is 5.95 Å². The zero-order chi connectivity index (χ0) is 10.8. The molecule has 1 aromatic rings. The van der Waals surface area contributed by atoms with Crippen molar-refractivity contribution in [1.29, 1.82) is 0 Å². The van der Waals surface area contributed by atoms with Crippen LogP contribution in [0, 0.1) is 5.92 Å². The van der Waals surface area contributed by atoms with E-state index in [2.05, 4.69) is 53.7 Å². The maximum absolute atomic E-state index is 4.31. The summed E-state index contributed by atoms with van der Waals surface area (Å²) in [5, 5.41) is 0. The predicted octanol–water partition coefficient (Wildman–Crippen LogP) is 2.85. The van der Waals surface area contributed by atoms with Gasteiger partial charge >= 0.3 is 0 Å². The fourth-order valence-corrected chi connectivity index (χ4v) is 2.49. The van der Waals surface area contributed by atoms with E-state index in [0.717, 1.165) is 29.4 Å². The van der Waals surface area contributed by atoms with E-state index in [0.29, 0.717) is 4.83 Å². The Bertz CT molecular complexity index is 328. The molecule has 1 aliphatic heterocycles. The second-order valence-corrected chi connectivity index (χ2v) is 6.02. The van der Waals surface area contributed by atoms with E-state index in [-0.39, 0.29) is 0 Å². The highest BCUT2D eigenvalue weighted by Gasteiger charge is 2.25. The molecule has 3 nitrogen and oxygen atoms in total. The average Bonchev–Trinajstić information content (AvgIpc) is 2.23. The molecule has 0 radical (unpaired) electrons. The first kappa shape index (κ1) is 11.3. The number of nitrogens with zero attached hydrogens (tertiary/aromatic N) is 3. The van der Waals surface area contributed by atoms with E-state index in [9.17, 15) is 0 Å². The van der Waals surface area contributed by atoms with Gasteiger partial charge in [-0.15, -0.1) is 0 Å². The first-order valence-corrected chi connectivity index (χ1v) is 6.74. The fourth-order valence-electron chi connectivity index (χ4n) is 1.67. The van der Waals surface area contributed by atoms with Gasteiger partial charge < -0.3 is 4.90 Å². The number of alkyl halides is 1. The van der Waals surface area contributed by atoms with Crippen LogP contribution in [0.15, 0.2) is 16.9 Å². The maximum Gasteiger partial charge on any atom is 0.225 e. The fraction of sp³-hybridized carbons (Fsp3) is 0.600. The quantitative estimate of drug-likeness (QED) is 0.739. The summed E-state index contributed by atoms with van der Waals surface area (Å²) in [5.74, 6) is 1.56.